The van der Waals surface area contributed by atoms with Gasteiger partial charge in [0.1, 0.15) is 24.7 Å². The molecule has 3 N–H and O–H groups in total. The molecule has 0 spiro atoms. The van der Waals surface area contributed by atoms with E-state index in [2.05, 4.69) is 36.0 Å². The second kappa shape index (κ2) is 17.0. The van der Waals surface area contributed by atoms with Gasteiger partial charge in [0.2, 0.25) is 5.79 Å². The van der Waals surface area contributed by atoms with Crippen molar-refractivity contribution in [3.8, 4) is 11.5 Å². The van der Waals surface area contributed by atoms with Crippen LogP contribution < -0.4 is 4.74 Å². The van der Waals surface area contributed by atoms with E-state index < -0.39 is 23.8 Å². The predicted molar refractivity (Wildman–Crippen MR) is 200 cm³/mol. The number of aliphatic hydroxyl groups is 2. The van der Waals surface area contributed by atoms with Crippen molar-refractivity contribution in [3.63, 3.8) is 0 Å². The molecular weight excluding hydrogens is 660 g/mol. The molecule has 6 rings (SSSR count). The van der Waals surface area contributed by atoms with E-state index in [9.17, 15) is 20.1 Å². The Morgan fingerprint density at radius 2 is 1.83 bits per heavy atom. The van der Waals surface area contributed by atoms with Crippen molar-refractivity contribution in [2.75, 3.05) is 33.5 Å². The van der Waals surface area contributed by atoms with Gasteiger partial charge < -0.3 is 34.4 Å². The summed E-state index contributed by atoms with van der Waals surface area (Å²) in [5, 5.41) is 37.1. The monoisotopic (exact) mass is 712 g/mol. The van der Waals surface area contributed by atoms with Crippen LogP contribution in [0.3, 0.4) is 0 Å². The van der Waals surface area contributed by atoms with E-state index in [4.69, 9.17) is 19.0 Å². The predicted octanol–water partition coefficient (Wildman–Crippen LogP) is 7.47. The fourth-order valence-corrected chi connectivity index (χ4v) is 8.89. The zero-order valence-electron chi connectivity index (χ0n) is 30.3. The number of hydrogen-bond acceptors (Lipinski definition) is 9. The molecule has 0 aromatic heterocycles. The molecule has 1 amide bonds. The van der Waals surface area contributed by atoms with E-state index in [1.165, 1.54) is 7.11 Å². The Morgan fingerprint density at radius 1 is 1.06 bits per heavy atom. The third-order valence-corrected chi connectivity index (χ3v) is 11.0. The van der Waals surface area contributed by atoms with Crippen LogP contribution in [0.2, 0.25) is 0 Å². The molecule has 10 heteroatoms. The van der Waals surface area contributed by atoms with E-state index in [0.717, 1.165) is 53.2 Å². The van der Waals surface area contributed by atoms with E-state index in [1.807, 2.05) is 24.3 Å². The number of aliphatic hydroxyl groups excluding tert-OH is 2. The summed E-state index contributed by atoms with van der Waals surface area (Å²) in [7, 11) is 1.53. The molecule has 6 atom stereocenters. The van der Waals surface area contributed by atoms with Gasteiger partial charge in [-0.2, -0.15) is 0 Å². The summed E-state index contributed by atoms with van der Waals surface area (Å²) < 4.78 is 19.9. The molecule has 3 aromatic rings. The highest BCUT2D eigenvalue weighted by atomic mass is 16.7. The molecule has 1 saturated carbocycles. The maximum Gasteiger partial charge on any atom is 0.410 e. The molecule has 2 aliphatic carbocycles. The summed E-state index contributed by atoms with van der Waals surface area (Å²) >= 11 is 0. The summed E-state index contributed by atoms with van der Waals surface area (Å²) in [6.45, 7) is 6.54. The van der Waals surface area contributed by atoms with Gasteiger partial charge in [-0.1, -0.05) is 72.6 Å². The van der Waals surface area contributed by atoms with E-state index in [-0.39, 0.29) is 62.9 Å². The van der Waals surface area contributed by atoms with Gasteiger partial charge in [-0.25, -0.2) is 4.79 Å². The van der Waals surface area contributed by atoms with Crippen molar-refractivity contribution >= 4 is 22.6 Å². The summed E-state index contributed by atoms with van der Waals surface area (Å²) in [6, 6.07) is 18.7. The van der Waals surface area contributed by atoms with Crippen LogP contribution in [0.5, 0.6) is 11.5 Å². The average molecular weight is 713 g/mol. The third-order valence-electron chi connectivity index (χ3n) is 11.0. The number of benzene rings is 3. The Bertz CT molecular complexity index is 1770. The molecule has 3 aliphatic rings. The summed E-state index contributed by atoms with van der Waals surface area (Å²) in [6.07, 6.45) is 8.38. The molecule has 1 fully saturated rings. The number of rotatable bonds is 16. The molecule has 52 heavy (non-hydrogen) atoms. The number of amides is 1. The van der Waals surface area contributed by atoms with Crippen LogP contribution in [0.1, 0.15) is 68.9 Å². The summed E-state index contributed by atoms with van der Waals surface area (Å²) in [4.78, 5) is 21.6. The lowest BCUT2D eigenvalue weighted by Crippen LogP contribution is -2.70. The van der Waals surface area contributed by atoms with Crippen LogP contribution >= 0.6 is 0 Å². The molecule has 10 nitrogen and oxygen atoms in total. The summed E-state index contributed by atoms with van der Waals surface area (Å²) in [5.74, 6) is -1.22. The van der Waals surface area contributed by atoms with E-state index in [1.54, 1.807) is 36.1 Å². The number of fused-ring (bicyclic) bond motifs is 3. The molecule has 0 radical (unpaired) electrons. The molecule has 278 valence electrons. The number of ether oxygens (including phenoxy) is 3. The molecule has 0 unspecified atom stereocenters. The minimum Gasteiger partial charge on any atom is -0.508 e. The number of nitrogens with zero attached hydrogens (tertiary/aromatic N) is 2. The van der Waals surface area contributed by atoms with Crippen molar-refractivity contribution < 1.29 is 39.2 Å². The third kappa shape index (κ3) is 7.29. The lowest BCUT2D eigenvalue weighted by atomic mass is 9.55. The number of allylic oxidation sites excluding steroid dienone is 1. The number of phenols is 1. The highest BCUT2D eigenvalue weighted by molar-refractivity contribution is 6.03. The van der Waals surface area contributed by atoms with Crippen LogP contribution in [-0.4, -0.2) is 77.4 Å². The highest BCUT2D eigenvalue weighted by Gasteiger charge is 2.65. The number of hydrogen-bond donors (Lipinski definition) is 3. The Hall–Kier alpha value is -4.38. The first-order chi connectivity index (χ1) is 25.4. The number of carbonyl (C=O) groups excluding carboxylic acids is 1. The van der Waals surface area contributed by atoms with Crippen LogP contribution in [0.25, 0.3) is 10.8 Å². The fourth-order valence-electron chi connectivity index (χ4n) is 8.89. The van der Waals surface area contributed by atoms with Gasteiger partial charge in [-0.05, 0) is 84.6 Å². The van der Waals surface area contributed by atoms with Crippen LogP contribution in [0, 0.1) is 17.8 Å². The Morgan fingerprint density at radius 3 is 2.58 bits per heavy atom. The Labute approximate surface area is 306 Å². The fraction of sp³-hybridized carbons (Fsp3) is 0.476. The Balaban J connectivity index is 1.59. The molecule has 3 aromatic carbocycles. The van der Waals surface area contributed by atoms with Crippen LogP contribution in [0.4, 0.5) is 4.79 Å². The van der Waals surface area contributed by atoms with Gasteiger partial charge in [0.15, 0.2) is 0 Å². The van der Waals surface area contributed by atoms with Crippen molar-refractivity contribution in [3.05, 3.63) is 96.1 Å². The number of carbonyl (C=O) groups is 1. The number of phenolic OH excluding ortho intramolecular Hbond substituents is 1. The zero-order valence-corrected chi connectivity index (χ0v) is 30.3. The van der Waals surface area contributed by atoms with Crippen LogP contribution in [0.15, 0.2) is 90.1 Å². The van der Waals surface area contributed by atoms with Crippen molar-refractivity contribution in [2.24, 2.45) is 22.9 Å². The maximum atomic E-state index is 14.3. The zero-order chi connectivity index (χ0) is 36.7. The van der Waals surface area contributed by atoms with Crippen molar-refractivity contribution in [2.45, 2.75) is 76.2 Å². The van der Waals surface area contributed by atoms with Gasteiger partial charge in [-0.15, -0.1) is 6.58 Å². The smallest absolute Gasteiger partial charge is 0.410 e. The standard InChI is InChI=1S/C42H52N2O8/c1-4-23-51-42-38(44(41(48)50-5-2)27-30-16-12-15-28-13-6-7-17-32(28)30)26-36(43-49-3)34-24-29(14-8-10-21-45)33(18-9-11-22-46)39(40(34)42)35-25-31(47)19-20-37(35)52-42/h4,6-7,12-13,15-17,19-20,24-25,29,33,38-40,45-47H,1,5,8-11,14,18,21-23,26-27H2,2-3H3/t29-,33+,38-,39+,40+,42+/m0/s1. The maximum absolute atomic E-state index is 14.3. The minimum atomic E-state index is -1.41. The van der Waals surface area contributed by atoms with Gasteiger partial charge in [0, 0.05) is 31.1 Å². The van der Waals surface area contributed by atoms with Gasteiger partial charge in [-0.3, -0.25) is 4.90 Å². The molecule has 1 aliphatic heterocycles. The van der Waals surface area contributed by atoms with Crippen molar-refractivity contribution in [1.29, 1.82) is 0 Å². The average Bonchev–Trinajstić information content (AvgIpc) is 3.15. The van der Waals surface area contributed by atoms with Gasteiger partial charge in [0.25, 0.3) is 0 Å². The second-order valence-electron chi connectivity index (χ2n) is 13.9. The lowest BCUT2D eigenvalue weighted by molar-refractivity contribution is -0.256. The van der Waals surface area contributed by atoms with Gasteiger partial charge >= 0.3 is 6.09 Å². The lowest BCUT2D eigenvalue weighted by Gasteiger charge is -2.59. The topological polar surface area (TPSA) is 130 Å². The number of oxime groups is 1. The first kappa shape index (κ1) is 37.4. The number of unbranched alkanes of at least 4 members (excludes halogenated alkanes) is 2. The summed E-state index contributed by atoms with van der Waals surface area (Å²) in [5.41, 5.74) is 3.44. The van der Waals surface area contributed by atoms with Crippen LogP contribution in [-0.2, 0) is 20.9 Å². The largest absolute Gasteiger partial charge is 0.508 e. The van der Waals surface area contributed by atoms with Crippen molar-refractivity contribution in [1.82, 2.24) is 4.90 Å². The molecule has 0 bridgehead atoms. The molecule has 0 saturated heterocycles. The Kier molecular flexibility index (Phi) is 12.2. The first-order valence-electron chi connectivity index (χ1n) is 18.6. The quantitative estimate of drug-likeness (QED) is 0.0793. The van der Waals surface area contributed by atoms with E-state index in [0.29, 0.717) is 24.3 Å². The SMILES string of the molecule is C=CCO[C@@]12Oc3ccc(O)cc3[C@H]3[C@H](CCCCO)[C@@H](CCCCO)C=C(C(=NOC)C[C@@H]1N(Cc1cccc4ccccc14)C(=O)OCC)[C@H]32. The molecular formula is C42H52N2O8. The second-order valence-corrected chi connectivity index (χ2v) is 13.9. The van der Waals surface area contributed by atoms with Gasteiger partial charge in [0.05, 0.1) is 31.4 Å². The highest BCUT2D eigenvalue weighted by Crippen LogP contribution is 2.62. The van der Waals surface area contributed by atoms with E-state index >= 15 is 0 Å². The minimum absolute atomic E-state index is 0.0619. The normalized spacial score (nSPS) is 25.4. The number of aromatic hydroxyl groups is 1. The first-order valence-corrected chi connectivity index (χ1v) is 18.6. The molecule has 1 heterocycles.